The second-order valence-electron chi connectivity index (χ2n) is 7.06. The normalized spacial score (nSPS) is 21.4. The molecule has 3 rings (SSSR count). The number of likely N-dealkylation sites (tertiary alicyclic amines) is 1. The topological polar surface area (TPSA) is 62.3 Å². The Morgan fingerprint density at radius 2 is 2.04 bits per heavy atom. The Hall–Kier alpha value is -1.43. The predicted molar refractivity (Wildman–Crippen MR) is 96.1 cm³/mol. The van der Waals surface area contributed by atoms with E-state index in [1.165, 1.54) is 29.8 Å². The molecule has 0 unspecified atom stereocenters. The molecule has 2 amide bonds. The molecule has 0 bridgehead atoms. The zero-order valence-electron chi connectivity index (χ0n) is 14.6. The summed E-state index contributed by atoms with van der Waals surface area (Å²) < 4.78 is 0. The van der Waals surface area contributed by atoms with Crippen molar-refractivity contribution in [3.63, 3.8) is 0 Å². The molecule has 1 fully saturated rings. The smallest absolute Gasteiger partial charge is 0.229 e. The molecule has 1 aliphatic carbocycles. The molecule has 1 saturated heterocycles. The van der Waals surface area contributed by atoms with Gasteiger partial charge in [0.25, 0.3) is 0 Å². The van der Waals surface area contributed by atoms with Crippen molar-refractivity contribution in [2.75, 3.05) is 18.4 Å². The molecule has 0 radical (unpaired) electrons. The third kappa shape index (κ3) is 3.97. The minimum Gasteiger partial charge on any atom is -0.343 e. The summed E-state index contributed by atoms with van der Waals surface area (Å²) in [4.78, 5) is 31.7. The van der Waals surface area contributed by atoms with Gasteiger partial charge in [0.1, 0.15) is 0 Å². The lowest BCUT2D eigenvalue weighted by Crippen LogP contribution is -2.40. The van der Waals surface area contributed by atoms with Crippen molar-refractivity contribution in [1.82, 2.24) is 9.88 Å². The van der Waals surface area contributed by atoms with Crippen LogP contribution in [0.5, 0.6) is 0 Å². The zero-order valence-corrected chi connectivity index (χ0v) is 15.5. The van der Waals surface area contributed by atoms with Gasteiger partial charge < -0.3 is 10.2 Å². The van der Waals surface area contributed by atoms with Crippen LogP contribution in [0.4, 0.5) is 5.13 Å². The standard InChI is InChI=1S/C18H27N3O2S/c1-3-4-13-5-6-15-16(11-13)24-18(19-15)20-17(23)14-7-9-21(10-8-14)12(2)22/h13-14H,3-11H2,1-2H3,(H,19,20,23)/t13-/m1/s1. The third-order valence-electron chi connectivity index (χ3n) is 5.28. The minimum absolute atomic E-state index is 0.00521. The van der Waals surface area contributed by atoms with Gasteiger partial charge in [-0.2, -0.15) is 0 Å². The summed E-state index contributed by atoms with van der Waals surface area (Å²) in [7, 11) is 0. The van der Waals surface area contributed by atoms with Gasteiger partial charge in [-0.3, -0.25) is 9.59 Å². The number of anilines is 1. The van der Waals surface area contributed by atoms with Gasteiger partial charge in [0.15, 0.2) is 5.13 Å². The van der Waals surface area contributed by atoms with Gasteiger partial charge in [0.2, 0.25) is 11.8 Å². The van der Waals surface area contributed by atoms with Crippen LogP contribution < -0.4 is 5.32 Å². The van der Waals surface area contributed by atoms with E-state index in [9.17, 15) is 9.59 Å². The van der Waals surface area contributed by atoms with E-state index in [1.807, 2.05) is 4.90 Å². The van der Waals surface area contributed by atoms with Gasteiger partial charge >= 0.3 is 0 Å². The molecule has 24 heavy (non-hydrogen) atoms. The van der Waals surface area contributed by atoms with E-state index in [0.717, 1.165) is 36.7 Å². The second-order valence-corrected chi connectivity index (χ2v) is 8.14. The van der Waals surface area contributed by atoms with Gasteiger partial charge in [-0.25, -0.2) is 4.98 Å². The predicted octanol–water partition coefficient (Wildman–Crippen LogP) is 3.25. The van der Waals surface area contributed by atoms with Crippen LogP contribution in [-0.4, -0.2) is 34.8 Å². The number of rotatable bonds is 4. The summed E-state index contributed by atoms with van der Waals surface area (Å²) in [6.07, 6.45) is 7.40. The average molecular weight is 350 g/mol. The molecule has 6 heteroatoms. The number of aromatic nitrogens is 1. The maximum Gasteiger partial charge on any atom is 0.229 e. The molecule has 1 aromatic rings. The number of piperidine rings is 1. The van der Waals surface area contributed by atoms with Crippen molar-refractivity contribution in [2.24, 2.45) is 11.8 Å². The average Bonchev–Trinajstić information content (AvgIpc) is 2.96. The van der Waals surface area contributed by atoms with Gasteiger partial charge in [-0.1, -0.05) is 19.8 Å². The fourth-order valence-corrected chi connectivity index (χ4v) is 4.94. The van der Waals surface area contributed by atoms with Crippen molar-refractivity contribution in [3.05, 3.63) is 10.6 Å². The van der Waals surface area contributed by atoms with Crippen LogP contribution in [0.15, 0.2) is 0 Å². The molecule has 2 aliphatic rings. The first-order valence-corrected chi connectivity index (χ1v) is 9.93. The third-order valence-corrected chi connectivity index (χ3v) is 6.32. The van der Waals surface area contributed by atoms with Crippen LogP contribution >= 0.6 is 11.3 Å². The number of nitrogens with zero attached hydrogens (tertiary/aromatic N) is 2. The number of hydrogen-bond acceptors (Lipinski definition) is 4. The molecule has 2 heterocycles. The van der Waals surface area contributed by atoms with Crippen LogP contribution in [-0.2, 0) is 22.4 Å². The summed E-state index contributed by atoms with van der Waals surface area (Å²) in [5.41, 5.74) is 1.19. The molecule has 5 nitrogen and oxygen atoms in total. The Bertz CT molecular complexity index is 605. The number of aryl methyl sites for hydroxylation is 1. The zero-order chi connectivity index (χ0) is 17.1. The molecule has 0 saturated carbocycles. The van der Waals surface area contributed by atoms with E-state index in [4.69, 9.17) is 0 Å². The fraction of sp³-hybridized carbons (Fsp3) is 0.722. The SMILES string of the molecule is CCC[C@@H]1CCc2nc(NC(=O)C3CCN(C(C)=O)CC3)sc2C1. The Morgan fingerprint density at radius 1 is 1.29 bits per heavy atom. The molecule has 0 aromatic carbocycles. The lowest BCUT2D eigenvalue weighted by molar-refractivity contribution is -0.132. The van der Waals surface area contributed by atoms with E-state index in [2.05, 4.69) is 17.2 Å². The number of carbonyl (C=O) groups is 2. The Balaban J connectivity index is 1.55. The maximum absolute atomic E-state index is 12.5. The highest BCUT2D eigenvalue weighted by Crippen LogP contribution is 2.34. The number of thiazole rings is 1. The van der Waals surface area contributed by atoms with Crippen LogP contribution in [0.3, 0.4) is 0 Å². The second kappa shape index (κ2) is 7.64. The summed E-state index contributed by atoms with van der Waals surface area (Å²) >= 11 is 1.66. The Labute approximate surface area is 147 Å². The highest BCUT2D eigenvalue weighted by molar-refractivity contribution is 7.15. The van der Waals surface area contributed by atoms with E-state index < -0.39 is 0 Å². The number of hydrogen-bond donors (Lipinski definition) is 1. The molecule has 1 atom stereocenters. The minimum atomic E-state index is -0.00521. The first-order chi connectivity index (χ1) is 11.6. The Morgan fingerprint density at radius 3 is 2.71 bits per heavy atom. The highest BCUT2D eigenvalue weighted by Gasteiger charge is 2.27. The molecule has 0 spiro atoms. The van der Waals surface area contributed by atoms with Crippen LogP contribution in [0, 0.1) is 11.8 Å². The van der Waals surface area contributed by atoms with Crippen molar-refractivity contribution < 1.29 is 9.59 Å². The highest BCUT2D eigenvalue weighted by atomic mass is 32.1. The fourth-order valence-electron chi connectivity index (χ4n) is 3.82. The van der Waals surface area contributed by atoms with Crippen LogP contribution in [0.1, 0.15) is 56.5 Å². The number of amides is 2. The largest absolute Gasteiger partial charge is 0.343 e. The molecule has 1 N–H and O–H groups in total. The first kappa shape index (κ1) is 17.4. The quantitative estimate of drug-likeness (QED) is 0.907. The molecular weight excluding hydrogens is 322 g/mol. The lowest BCUT2D eigenvalue weighted by Gasteiger charge is -2.30. The van der Waals surface area contributed by atoms with Crippen LogP contribution in [0.25, 0.3) is 0 Å². The van der Waals surface area contributed by atoms with E-state index in [0.29, 0.717) is 13.1 Å². The van der Waals surface area contributed by atoms with Gasteiger partial charge in [0, 0.05) is 30.8 Å². The Kier molecular flexibility index (Phi) is 5.54. The number of fused-ring (bicyclic) bond motifs is 1. The monoisotopic (exact) mass is 349 g/mol. The number of nitrogens with one attached hydrogen (secondary N) is 1. The molecular formula is C18H27N3O2S. The van der Waals surface area contributed by atoms with Gasteiger partial charge in [0.05, 0.1) is 5.69 Å². The van der Waals surface area contributed by atoms with E-state index in [1.54, 1.807) is 18.3 Å². The van der Waals surface area contributed by atoms with E-state index >= 15 is 0 Å². The van der Waals surface area contributed by atoms with Crippen molar-refractivity contribution in [1.29, 1.82) is 0 Å². The van der Waals surface area contributed by atoms with Crippen LogP contribution in [0.2, 0.25) is 0 Å². The first-order valence-electron chi connectivity index (χ1n) is 9.11. The molecule has 1 aliphatic heterocycles. The van der Waals surface area contributed by atoms with Crippen molar-refractivity contribution in [2.45, 2.75) is 58.8 Å². The summed E-state index contributed by atoms with van der Waals surface area (Å²) in [6.45, 7) is 5.19. The van der Waals surface area contributed by atoms with E-state index in [-0.39, 0.29) is 17.7 Å². The summed E-state index contributed by atoms with van der Waals surface area (Å²) in [5, 5.41) is 3.79. The summed E-state index contributed by atoms with van der Waals surface area (Å²) in [5.74, 6) is 0.939. The van der Waals surface area contributed by atoms with Gasteiger partial charge in [-0.15, -0.1) is 11.3 Å². The molecule has 132 valence electrons. The van der Waals surface area contributed by atoms with Gasteiger partial charge in [-0.05, 0) is 38.0 Å². The number of carbonyl (C=O) groups excluding carboxylic acids is 2. The summed E-state index contributed by atoms with van der Waals surface area (Å²) in [6, 6.07) is 0. The molecule has 1 aromatic heterocycles. The maximum atomic E-state index is 12.5. The van der Waals surface area contributed by atoms with Crippen molar-refractivity contribution >= 4 is 28.3 Å². The van der Waals surface area contributed by atoms with Crippen molar-refractivity contribution in [3.8, 4) is 0 Å². The lowest BCUT2D eigenvalue weighted by atomic mass is 9.88.